The number of rotatable bonds is 17. The van der Waals surface area contributed by atoms with Crippen molar-refractivity contribution < 1.29 is 14.3 Å². The van der Waals surface area contributed by atoms with Gasteiger partial charge in [-0.05, 0) is 18.8 Å². The van der Waals surface area contributed by atoms with E-state index in [9.17, 15) is 4.79 Å². The van der Waals surface area contributed by atoms with Gasteiger partial charge in [0.2, 0.25) is 5.91 Å². The smallest absolute Gasteiger partial charge is 0.220 e. The lowest BCUT2D eigenvalue weighted by atomic mass is 10.0. The van der Waals surface area contributed by atoms with E-state index in [-0.39, 0.29) is 5.91 Å². The lowest BCUT2D eigenvalue weighted by Gasteiger charge is -2.16. The largest absolute Gasteiger partial charge is 0.401 e. The quantitative estimate of drug-likeness (QED) is 0.205. The summed E-state index contributed by atoms with van der Waals surface area (Å²) in [6.45, 7) is 9.59. The second-order valence-corrected chi connectivity index (χ2v) is 6.72. The van der Waals surface area contributed by atoms with Gasteiger partial charge in [-0.3, -0.25) is 4.79 Å². The number of nitrogens with one attached hydrogen (secondary N) is 1. The zero-order valence-corrected chi connectivity index (χ0v) is 17.0. The maximum absolute atomic E-state index is 11.4. The lowest BCUT2D eigenvalue weighted by Crippen LogP contribution is -2.31. The number of carbonyl (C=O) groups excluding carboxylic acids is 1. The minimum absolute atomic E-state index is 0.0890. The standard InChI is InChI=1S/C19H40N4O3/c1-4-6-8-19(24)22-9-11-25-13-14-26-12-10-23(21)16-18(20)15-17(3)7-5-2/h16-17H,4-15,20-21H2,1-3H3,(H,22,24)/b18-16-. The maximum atomic E-state index is 11.4. The van der Waals surface area contributed by atoms with E-state index in [2.05, 4.69) is 26.1 Å². The van der Waals surface area contributed by atoms with Crippen LogP contribution >= 0.6 is 0 Å². The number of hydrogen-bond donors (Lipinski definition) is 3. The van der Waals surface area contributed by atoms with Crippen molar-refractivity contribution >= 4 is 5.91 Å². The summed E-state index contributed by atoms with van der Waals surface area (Å²) in [6.07, 6.45) is 7.54. The van der Waals surface area contributed by atoms with Gasteiger partial charge >= 0.3 is 0 Å². The van der Waals surface area contributed by atoms with E-state index in [1.807, 2.05) is 0 Å². The van der Waals surface area contributed by atoms with Crippen LogP contribution in [0.2, 0.25) is 0 Å². The molecule has 0 aliphatic heterocycles. The molecule has 0 heterocycles. The second kappa shape index (κ2) is 17.1. The highest BCUT2D eigenvalue weighted by molar-refractivity contribution is 5.75. The Labute approximate surface area is 159 Å². The van der Waals surface area contributed by atoms with Crippen molar-refractivity contribution in [1.29, 1.82) is 0 Å². The predicted octanol–water partition coefficient (Wildman–Crippen LogP) is 2.13. The Morgan fingerprint density at radius 3 is 2.50 bits per heavy atom. The minimum atomic E-state index is 0.0890. The molecule has 0 saturated heterocycles. The SMILES string of the molecule is CCCCC(=O)NCCOCCOCCN(N)/C=C(\N)CC(C)CCC. The van der Waals surface area contributed by atoms with Crippen LogP contribution in [0.3, 0.4) is 0 Å². The van der Waals surface area contributed by atoms with Crippen LogP contribution < -0.4 is 16.9 Å². The van der Waals surface area contributed by atoms with Crippen molar-refractivity contribution in [2.45, 2.75) is 59.3 Å². The van der Waals surface area contributed by atoms with Crippen LogP contribution in [0.4, 0.5) is 0 Å². The minimum Gasteiger partial charge on any atom is -0.401 e. The number of carbonyl (C=O) groups is 1. The lowest BCUT2D eigenvalue weighted by molar-refractivity contribution is -0.121. The molecule has 26 heavy (non-hydrogen) atoms. The summed E-state index contributed by atoms with van der Waals surface area (Å²) in [6, 6.07) is 0. The van der Waals surface area contributed by atoms with E-state index in [1.54, 1.807) is 11.2 Å². The first kappa shape index (κ1) is 24.7. The van der Waals surface area contributed by atoms with Gasteiger partial charge in [0, 0.05) is 24.9 Å². The van der Waals surface area contributed by atoms with Crippen molar-refractivity contribution in [2.24, 2.45) is 17.5 Å². The average molecular weight is 373 g/mol. The Morgan fingerprint density at radius 2 is 1.85 bits per heavy atom. The molecular weight excluding hydrogens is 332 g/mol. The number of ether oxygens (including phenoxy) is 2. The van der Waals surface area contributed by atoms with Gasteiger partial charge in [-0.15, -0.1) is 0 Å². The third-order valence-corrected chi connectivity index (χ3v) is 3.89. The Hall–Kier alpha value is -1.31. The molecule has 0 fully saturated rings. The fourth-order valence-corrected chi connectivity index (χ4v) is 2.51. The molecule has 0 aromatic rings. The maximum Gasteiger partial charge on any atom is 0.220 e. The molecule has 0 aliphatic rings. The monoisotopic (exact) mass is 372 g/mol. The topological polar surface area (TPSA) is 103 Å². The highest BCUT2D eigenvalue weighted by atomic mass is 16.5. The van der Waals surface area contributed by atoms with Gasteiger partial charge in [0.05, 0.1) is 33.0 Å². The molecule has 0 bridgehead atoms. The van der Waals surface area contributed by atoms with E-state index in [1.165, 1.54) is 12.8 Å². The zero-order valence-electron chi connectivity index (χ0n) is 17.0. The van der Waals surface area contributed by atoms with Crippen LogP contribution in [0.5, 0.6) is 0 Å². The molecule has 0 radical (unpaired) electrons. The predicted molar refractivity (Wildman–Crippen MR) is 106 cm³/mol. The van der Waals surface area contributed by atoms with Gasteiger partial charge < -0.3 is 25.5 Å². The Morgan fingerprint density at radius 1 is 1.15 bits per heavy atom. The first-order valence-electron chi connectivity index (χ1n) is 9.89. The molecule has 7 nitrogen and oxygen atoms in total. The average Bonchev–Trinajstić information content (AvgIpc) is 2.58. The second-order valence-electron chi connectivity index (χ2n) is 6.72. The molecular formula is C19H40N4O3. The van der Waals surface area contributed by atoms with E-state index < -0.39 is 0 Å². The van der Waals surface area contributed by atoms with Gasteiger partial charge in [-0.1, -0.05) is 40.0 Å². The Bertz CT molecular complexity index is 378. The van der Waals surface area contributed by atoms with Gasteiger partial charge in [-0.2, -0.15) is 0 Å². The molecule has 7 heteroatoms. The fourth-order valence-electron chi connectivity index (χ4n) is 2.51. The molecule has 0 aromatic heterocycles. The van der Waals surface area contributed by atoms with Gasteiger partial charge in [-0.25, -0.2) is 5.84 Å². The number of nitrogens with two attached hydrogens (primary N) is 2. The Balaban J connectivity index is 3.52. The Kier molecular flexibility index (Phi) is 16.3. The number of amides is 1. The normalized spacial score (nSPS) is 12.8. The van der Waals surface area contributed by atoms with Crippen LogP contribution in [-0.4, -0.2) is 50.4 Å². The van der Waals surface area contributed by atoms with Crippen LogP contribution in [0.15, 0.2) is 11.9 Å². The molecule has 0 aliphatic carbocycles. The van der Waals surface area contributed by atoms with Crippen LogP contribution in [0.25, 0.3) is 0 Å². The molecule has 1 unspecified atom stereocenters. The summed E-state index contributed by atoms with van der Waals surface area (Å²) < 4.78 is 10.9. The summed E-state index contributed by atoms with van der Waals surface area (Å²) in [5.41, 5.74) is 6.80. The third-order valence-electron chi connectivity index (χ3n) is 3.89. The highest BCUT2D eigenvalue weighted by Crippen LogP contribution is 2.13. The zero-order chi connectivity index (χ0) is 19.6. The summed E-state index contributed by atoms with van der Waals surface area (Å²) in [5.74, 6) is 6.56. The molecule has 154 valence electrons. The number of unbranched alkanes of at least 4 members (excludes halogenated alkanes) is 1. The summed E-state index contributed by atoms with van der Waals surface area (Å²) in [7, 11) is 0. The first-order valence-corrected chi connectivity index (χ1v) is 9.89. The molecule has 0 saturated carbocycles. The summed E-state index contributed by atoms with van der Waals surface area (Å²) in [4.78, 5) is 11.4. The van der Waals surface area contributed by atoms with Gasteiger partial charge in [0.25, 0.3) is 0 Å². The molecule has 5 N–H and O–H groups in total. The number of nitrogens with zero attached hydrogens (tertiary/aromatic N) is 1. The molecule has 1 amide bonds. The van der Waals surface area contributed by atoms with E-state index >= 15 is 0 Å². The van der Waals surface area contributed by atoms with Crippen molar-refractivity contribution in [3.05, 3.63) is 11.9 Å². The highest BCUT2D eigenvalue weighted by Gasteiger charge is 2.03. The summed E-state index contributed by atoms with van der Waals surface area (Å²) >= 11 is 0. The van der Waals surface area contributed by atoms with E-state index in [0.29, 0.717) is 51.9 Å². The first-order chi connectivity index (χ1) is 12.5. The van der Waals surface area contributed by atoms with Gasteiger partial charge in [0.15, 0.2) is 0 Å². The molecule has 1 atom stereocenters. The fraction of sp³-hybridized carbons (Fsp3) is 0.842. The van der Waals surface area contributed by atoms with Gasteiger partial charge in [0.1, 0.15) is 0 Å². The number of allylic oxidation sites excluding steroid dienone is 1. The van der Waals surface area contributed by atoms with Crippen molar-refractivity contribution in [2.75, 3.05) is 39.5 Å². The summed E-state index contributed by atoms with van der Waals surface area (Å²) in [5, 5.41) is 4.40. The molecule has 0 spiro atoms. The van der Waals surface area contributed by atoms with Crippen molar-refractivity contribution in [3.8, 4) is 0 Å². The van der Waals surface area contributed by atoms with Crippen molar-refractivity contribution in [1.82, 2.24) is 10.3 Å². The third kappa shape index (κ3) is 16.2. The van der Waals surface area contributed by atoms with E-state index in [4.69, 9.17) is 21.1 Å². The van der Waals surface area contributed by atoms with Crippen molar-refractivity contribution in [3.63, 3.8) is 0 Å². The molecule has 0 aromatic carbocycles. The molecule has 0 rings (SSSR count). The number of hydrogen-bond acceptors (Lipinski definition) is 6. The van der Waals surface area contributed by atoms with Crippen LogP contribution in [0, 0.1) is 5.92 Å². The van der Waals surface area contributed by atoms with Crippen LogP contribution in [-0.2, 0) is 14.3 Å². The van der Waals surface area contributed by atoms with Crippen LogP contribution in [0.1, 0.15) is 59.3 Å². The van der Waals surface area contributed by atoms with E-state index in [0.717, 1.165) is 25.0 Å². The number of hydrazine groups is 1.